The van der Waals surface area contributed by atoms with E-state index in [9.17, 15) is 14.4 Å². The van der Waals surface area contributed by atoms with Crippen molar-refractivity contribution in [3.05, 3.63) is 11.3 Å². The molecule has 0 aliphatic heterocycles. The van der Waals surface area contributed by atoms with E-state index in [1.54, 1.807) is 4.90 Å². The van der Waals surface area contributed by atoms with Crippen LogP contribution in [0.1, 0.15) is 40.0 Å². The van der Waals surface area contributed by atoms with Gasteiger partial charge in [0.05, 0.1) is 12.7 Å². The van der Waals surface area contributed by atoms with E-state index in [0.717, 1.165) is 0 Å². The van der Waals surface area contributed by atoms with Crippen LogP contribution < -0.4 is 0 Å². The normalized spacial score (nSPS) is 21.2. The molecule has 0 unspecified atom stereocenters. The molecule has 21 heavy (non-hydrogen) atoms. The predicted molar refractivity (Wildman–Crippen MR) is 79.5 cm³/mol. The number of nitrogens with zero attached hydrogens (tertiary/aromatic N) is 1. The second kappa shape index (κ2) is 6.41. The quantitative estimate of drug-likeness (QED) is 0.441. The van der Waals surface area contributed by atoms with E-state index in [1.807, 2.05) is 34.9 Å². The average Bonchev–Trinajstić information content (AvgIpc) is 2.36. The first-order valence-electron chi connectivity index (χ1n) is 7.23. The number of hydrogen-bond donors (Lipinski definition) is 0. The molecule has 0 aromatic rings. The van der Waals surface area contributed by atoms with Crippen LogP contribution in [0.4, 0.5) is 0 Å². The van der Waals surface area contributed by atoms with E-state index in [1.165, 1.54) is 7.11 Å². The summed E-state index contributed by atoms with van der Waals surface area (Å²) in [5.74, 6) is -2.07. The van der Waals surface area contributed by atoms with E-state index >= 15 is 0 Å². The highest BCUT2D eigenvalue weighted by atomic mass is 16.5. The van der Waals surface area contributed by atoms with Gasteiger partial charge in [0.25, 0.3) is 0 Å². The number of Topliss-reactive ketones (excluding diaryl/α,β-unsaturated/α-hetero) is 2. The summed E-state index contributed by atoms with van der Waals surface area (Å²) in [7, 11) is 4.90. The number of allylic oxidation sites excluding steroid dienone is 2. The summed E-state index contributed by atoms with van der Waals surface area (Å²) in [4.78, 5) is 38.9. The highest BCUT2D eigenvalue weighted by Crippen LogP contribution is 2.43. The molecule has 0 saturated carbocycles. The second-order valence-corrected chi connectivity index (χ2v) is 6.38. The standard InChI is InChI=1S/C16H25NO4/c1-7-8-11(18)12-10(17(4)5)9-16(2,3)13(14(12)19)15(20)21-6/h13H,7-9H2,1-6H3/t13-/m0/s1. The Morgan fingerprint density at radius 1 is 1.33 bits per heavy atom. The van der Waals surface area contributed by atoms with E-state index in [0.29, 0.717) is 25.0 Å². The van der Waals surface area contributed by atoms with Crippen LogP contribution in [-0.2, 0) is 19.1 Å². The van der Waals surface area contributed by atoms with Crippen molar-refractivity contribution < 1.29 is 19.1 Å². The second-order valence-electron chi connectivity index (χ2n) is 6.38. The average molecular weight is 295 g/mol. The predicted octanol–water partition coefficient (Wildman–Crippen LogP) is 1.96. The molecule has 0 heterocycles. The molecule has 1 aliphatic rings. The van der Waals surface area contributed by atoms with E-state index < -0.39 is 23.1 Å². The van der Waals surface area contributed by atoms with Crippen LogP contribution in [0, 0.1) is 11.3 Å². The van der Waals surface area contributed by atoms with E-state index in [2.05, 4.69) is 0 Å². The zero-order valence-electron chi connectivity index (χ0n) is 13.8. The van der Waals surface area contributed by atoms with Crippen LogP contribution in [0.3, 0.4) is 0 Å². The molecule has 0 aromatic carbocycles. The third-order valence-corrected chi connectivity index (χ3v) is 3.93. The molecule has 0 radical (unpaired) electrons. The van der Waals surface area contributed by atoms with Gasteiger partial charge in [0.1, 0.15) is 5.92 Å². The molecule has 0 bridgehead atoms. The lowest BCUT2D eigenvalue weighted by atomic mass is 9.66. The van der Waals surface area contributed by atoms with Crippen LogP contribution in [0.15, 0.2) is 11.3 Å². The zero-order chi connectivity index (χ0) is 16.4. The van der Waals surface area contributed by atoms with Crippen LogP contribution in [0.2, 0.25) is 0 Å². The number of ketones is 2. The summed E-state index contributed by atoms with van der Waals surface area (Å²) in [5.41, 5.74) is 0.319. The summed E-state index contributed by atoms with van der Waals surface area (Å²) in [6.07, 6.45) is 1.48. The lowest BCUT2D eigenvalue weighted by Gasteiger charge is -2.39. The van der Waals surface area contributed by atoms with Crippen molar-refractivity contribution in [2.24, 2.45) is 11.3 Å². The number of carbonyl (C=O) groups is 3. The smallest absolute Gasteiger partial charge is 0.317 e. The van der Waals surface area contributed by atoms with Crippen molar-refractivity contribution in [1.29, 1.82) is 0 Å². The Balaban J connectivity index is 3.41. The highest BCUT2D eigenvalue weighted by molar-refractivity contribution is 6.25. The van der Waals surface area contributed by atoms with E-state index in [4.69, 9.17) is 4.74 Å². The Hall–Kier alpha value is -1.65. The molecular formula is C16H25NO4. The number of rotatable bonds is 5. The molecule has 0 saturated heterocycles. The van der Waals surface area contributed by atoms with Crippen LogP contribution in [-0.4, -0.2) is 43.6 Å². The Morgan fingerprint density at radius 3 is 2.33 bits per heavy atom. The Morgan fingerprint density at radius 2 is 1.90 bits per heavy atom. The first-order valence-corrected chi connectivity index (χ1v) is 7.23. The molecule has 1 atom stereocenters. The van der Waals surface area contributed by atoms with Crippen LogP contribution >= 0.6 is 0 Å². The van der Waals surface area contributed by atoms with Gasteiger partial charge in [-0.2, -0.15) is 0 Å². The topological polar surface area (TPSA) is 63.7 Å². The summed E-state index contributed by atoms with van der Waals surface area (Å²) >= 11 is 0. The van der Waals surface area contributed by atoms with Crippen molar-refractivity contribution >= 4 is 17.5 Å². The molecule has 0 spiro atoms. The fraction of sp³-hybridized carbons (Fsp3) is 0.688. The molecule has 0 N–H and O–H groups in total. The van der Waals surface area contributed by atoms with Gasteiger partial charge in [-0.3, -0.25) is 14.4 Å². The first-order chi connectivity index (χ1) is 9.67. The van der Waals surface area contributed by atoms with E-state index in [-0.39, 0.29) is 11.4 Å². The summed E-state index contributed by atoms with van der Waals surface area (Å²) in [5, 5.41) is 0. The Kier molecular flexibility index (Phi) is 5.31. The molecule has 5 heteroatoms. The van der Waals surface area contributed by atoms with Crippen molar-refractivity contribution in [3.8, 4) is 0 Å². The largest absolute Gasteiger partial charge is 0.468 e. The van der Waals surface area contributed by atoms with Gasteiger partial charge in [0.15, 0.2) is 11.6 Å². The van der Waals surface area contributed by atoms with Crippen molar-refractivity contribution in [2.75, 3.05) is 21.2 Å². The minimum atomic E-state index is -0.915. The summed E-state index contributed by atoms with van der Waals surface area (Å²) < 4.78 is 4.77. The van der Waals surface area contributed by atoms with Gasteiger partial charge in [-0.25, -0.2) is 0 Å². The van der Waals surface area contributed by atoms with Gasteiger partial charge < -0.3 is 9.64 Å². The fourth-order valence-corrected chi connectivity index (χ4v) is 2.84. The lowest BCUT2D eigenvalue weighted by Crippen LogP contribution is -2.46. The summed E-state index contributed by atoms with van der Waals surface area (Å²) in [6, 6.07) is 0. The Bertz CT molecular complexity index is 489. The van der Waals surface area contributed by atoms with Gasteiger partial charge in [-0.05, 0) is 18.3 Å². The molecule has 1 rings (SSSR count). The number of esters is 1. The van der Waals surface area contributed by atoms with Crippen molar-refractivity contribution in [1.82, 2.24) is 4.90 Å². The maximum atomic E-state index is 12.8. The first kappa shape index (κ1) is 17.4. The van der Waals surface area contributed by atoms with Crippen LogP contribution in [0.5, 0.6) is 0 Å². The molecule has 0 amide bonds. The third kappa shape index (κ3) is 3.34. The van der Waals surface area contributed by atoms with Crippen LogP contribution in [0.25, 0.3) is 0 Å². The molecule has 0 aromatic heterocycles. The number of hydrogen-bond acceptors (Lipinski definition) is 5. The van der Waals surface area contributed by atoms with Crippen molar-refractivity contribution in [2.45, 2.75) is 40.0 Å². The fourth-order valence-electron chi connectivity index (χ4n) is 2.84. The van der Waals surface area contributed by atoms with Gasteiger partial charge in [-0.1, -0.05) is 20.8 Å². The zero-order valence-corrected chi connectivity index (χ0v) is 13.8. The third-order valence-electron chi connectivity index (χ3n) is 3.93. The van der Waals surface area contributed by atoms with Gasteiger partial charge in [0.2, 0.25) is 0 Å². The van der Waals surface area contributed by atoms with Gasteiger partial charge in [-0.15, -0.1) is 0 Å². The lowest BCUT2D eigenvalue weighted by molar-refractivity contribution is -0.154. The van der Waals surface area contributed by atoms with Gasteiger partial charge >= 0.3 is 5.97 Å². The molecule has 118 valence electrons. The SMILES string of the molecule is CCCC(=O)C1=C(N(C)C)CC(C)(C)[C@H](C(=O)OC)C1=O. The monoisotopic (exact) mass is 295 g/mol. The number of ether oxygens (including phenoxy) is 1. The summed E-state index contributed by atoms with van der Waals surface area (Å²) in [6.45, 7) is 5.61. The Labute approximate surface area is 126 Å². The minimum Gasteiger partial charge on any atom is -0.468 e. The number of carbonyl (C=O) groups excluding carboxylic acids is 3. The highest BCUT2D eigenvalue weighted by Gasteiger charge is 2.49. The molecule has 1 aliphatic carbocycles. The maximum absolute atomic E-state index is 12.8. The molecule has 5 nitrogen and oxygen atoms in total. The maximum Gasteiger partial charge on any atom is 0.317 e. The number of methoxy groups -OCH3 is 1. The van der Waals surface area contributed by atoms with Crippen molar-refractivity contribution in [3.63, 3.8) is 0 Å². The van der Waals surface area contributed by atoms with Gasteiger partial charge in [0, 0.05) is 26.2 Å². The minimum absolute atomic E-state index is 0.177. The molecule has 0 fully saturated rings. The molecular weight excluding hydrogens is 270 g/mol.